The molecule has 226 valence electrons. The molecule has 0 atom stereocenters. The van der Waals surface area contributed by atoms with E-state index in [4.69, 9.17) is 0 Å². The average molecular weight is 586 g/mol. The number of carbonyl (C=O) groups is 2. The van der Waals surface area contributed by atoms with Crippen LogP contribution in [0.5, 0.6) is 0 Å². The fourth-order valence-corrected chi connectivity index (χ4v) is 3.32. The van der Waals surface area contributed by atoms with Gasteiger partial charge in [-0.2, -0.15) is 13.2 Å². The summed E-state index contributed by atoms with van der Waals surface area (Å²) in [5.41, 5.74) is 1.16. The Hall–Kier alpha value is -4.54. The van der Waals surface area contributed by atoms with Crippen molar-refractivity contribution in [3.8, 4) is 0 Å². The van der Waals surface area contributed by atoms with Crippen LogP contribution in [0.4, 0.5) is 19.0 Å². The van der Waals surface area contributed by atoms with Gasteiger partial charge in [-0.05, 0) is 68.7 Å². The van der Waals surface area contributed by atoms with Crippen LogP contribution in [0, 0.1) is 6.92 Å². The van der Waals surface area contributed by atoms with E-state index >= 15 is 0 Å². The van der Waals surface area contributed by atoms with Gasteiger partial charge in [0.25, 0.3) is 11.5 Å². The minimum Gasteiger partial charge on any atom is -0.342 e. The number of allylic oxidation sites excluding steroid dienone is 3. The van der Waals surface area contributed by atoms with Gasteiger partial charge in [-0.1, -0.05) is 32.6 Å². The standard InChI is InChI=1S/C18H22N4O3.C11H10F3N.C2H6/c1-4-21(5-2)17(24)12-22-11-14(7-9-16(22)23)18(25)20-15-8-6-13(3)10-19-15;1-8(6-9(2)11(12,13)14)10-4-3-5-15-7-10;1-2/h6-11H,4-5,12H2,1-3H3,(H,19,20,25);3-7H,1H2,2H3;1-2H3/b;9-6+;. The van der Waals surface area contributed by atoms with Crippen LogP contribution in [0.1, 0.15) is 56.1 Å². The topological polar surface area (TPSA) is 97.2 Å². The van der Waals surface area contributed by atoms with E-state index in [1.807, 2.05) is 40.7 Å². The van der Waals surface area contributed by atoms with Gasteiger partial charge in [0.05, 0.1) is 5.56 Å². The second-order valence-electron chi connectivity index (χ2n) is 8.72. The van der Waals surface area contributed by atoms with Crippen LogP contribution < -0.4 is 10.9 Å². The molecule has 42 heavy (non-hydrogen) atoms. The number of anilines is 1. The number of halogens is 3. The van der Waals surface area contributed by atoms with Crippen molar-refractivity contribution in [2.75, 3.05) is 18.4 Å². The number of likely N-dealkylation sites (N-methyl/N-ethyl adjacent to an activating group) is 1. The van der Waals surface area contributed by atoms with Crippen LogP contribution in [0.25, 0.3) is 5.57 Å². The van der Waals surface area contributed by atoms with Crippen molar-refractivity contribution < 1.29 is 22.8 Å². The highest BCUT2D eigenvalue weighted by Crippen LogP contribution is 2.27. The Kier molecular flexibility index (Phi) is 14.6. The lowest BCUT2D eigenvalue weighted by Crippen LogP contribution is -2.36. The molecule has 1 N–H and O–H groups in total. The van der Waals surface area contributed by atoms with E-state index < -0.39 is 11.7 Å². The number of amides is 2. The molecule has 0 spiro atoms. The molecule has 0 radical (unpaired) electrons. The predicted molar refractivity (Wildman–Crippen MR) is 160 cm³/mol. The van der Waals surface area contributed by atoms with Crippen LogP contribution in [0.3, 0.4) is 0 Å². The minimum atomic E-state index is -4.30. The second-order valence-corrected chi connectivity index (χ2v) is 8.72. The summed E-state index contributed by atoms with van der Waals surface area (Å²) >= 11 is 0. The van der Waals surface area contributed by atoms with E-state index in [2.05, 4.69) is 21.9 Å². The van der Waals surface area contributed by atoms with Gasteiger partial charge < -0.3 is 14.8 Å². The zero-order valence-corrected chi connectivity index (χ0v) is 24.8. The Labute approximate surface area is 244 Å². The van der Waals surface area contributed by atoms with Crippen molar-refractivity contribution in [2.45, 2.75) is 54.3 Å². The fourth-order valence-electron chi connectivity index (χ4n) is 3.32. The SMILES string of the molecule is C=C(/C=C(\C)C(F)(F)F)c1cccnc1.CC.CCN(CC)C(=O)Cn1cc(C(=O)Nc2ccc(C)cn2)ccc1=O. The molecule has 2 amide bonds. The molecule has 3 rings (SSSR count). The molecule has 11 heteroatoms. The highest BCUT2D eigenvalue weighted by atomic mass is 19.4. The molecular formula is C31H38F3N5O3. The largest absolute Gasteiger partial charge is 0.412 e. The van der Waals surface area contributed by atoms with Gasteiger partial charge in [0.1, 0.15) is 12.4 Å². The normalized spacial score (nSPS) is 10.8. The number of nitrogens with one attached hydrogen (secondary N) is 1. The second kappa shape index (κ2) is 17.3. The Balaban J connectivity index is 0.000000443. The van der Waals surface area contributed by atoms with Gasteiger partial charge in [0.2, 0.25) is 5.91 Å². The molecule has 0 unspecified atom stereocenters. The van der Waals surface area contributed by atoms with Crippen molar-refractivity contribution in [1.29, 1.82) is 0 Å². The lowest BCUT2D eigenvalue weighted by molar-refractivity contribution is -0.131. The van der Waals surface area contributed by atoms with Gasteiger partial charge in [0.15, 0.2) is 0 Å². The average Bonchev–Trinajstić information content (AvgIpc) is 2.97. The third-order valence-corrected chi connectivity index (χ3v) is 5.69. The number of aryl methyl sites for hydroxylation is 1. The molecule has 3 aromatic rings. The van der Waals surface area contributed by atoms with Crippen LogP contribution >= 0.6 is 0 Å². The lowest BCUT2D eigenvalue weighted by atomic mass is 10.1. The summed E-state index contributed by atoms with van der Waals surface area (Å²) in [7, 11) is 0. The monoisotopic (exact) mass is 585 g/mol. The zero-order valence-electron chi connectivity index (χ0n) is 24.8. The Morgan fingerprint density at radius 1 is 1.05 bits per heavy atom. The van der Waals surface area contributed by atoms with Gasteiger partial charge in [-0.25, -0.2) is 4.98 Å². The molecule has 0 aliphatic heterocycles. The number of pyridine rings is 3. The summed E-state index contributed by atoms with van der Waals surface area (Å²) in [6.07, 6.45) is 2.79. The van der Waals surface area contributed by atoms with Gasteiger partial charge in [-0.3, -0.25) is 19.4 Å². The third-order valence-electron chi connectivity index (χ3n) is 5.69. The van der Waals surface area contributed by atoms with Crippen molar-refractivity contribution in [2.24, 2.45) is 0 Å². The minimum absolute atomic E-state index is 0.0928. The first-order valence-electron chi connectivity index (χ1n) is 13.4. The molecule has 0 saturated heterocycles. The van der Waals surface area contributed by atoms with E-state index in [1.165, 1.54) is 29.1 Å². The molecule has 3 heterocycles. The Morgan fingerprint density at radius 2 is 1.71 bits per heavy atom. The molecule has 3 aromatic heterocycles. The van der Waals surface area contributed by atoms with E-state index in [0.717, 1.165) is 18.6 Å². The van der Waals surface area contributed by atoms with Gasteiger partial charge in [0, 0.05) is 49.5 Å². The first kappa shape index (κ1) is 35.5. The molecule has 0 saturated carbocycles. The van der Waals surface area contributed by atoms with Crippen molar-refractivity contribution in [3.05, 3.63) is 106 Å². The van der Waals surface area contributed by atoms with Crippen molar-refractivity contribution >= 4 is 23.2 Å². The van der Waals surface area contributed by atoms with Gasteiger partial charge in [-0.15, -0.1) is 0 Å². The summed E-state index contributed by atoms with van der Waals surface area (Å²) in [5.74, 6) is -0.127. The highest BCUT2D eigenvalue weighted by Gasteiger charge is 2.29. The molecule has 0 aliphatic rings. The van der Waals surface area contributed by atoms with Crippen LogP contribution in [-0.2, 0) is 11.3 Å². The van der Waals surface area contributed by atoms with E-state index in [0.29, 0.717) is 30.0 Å². The predicted octanol–water partition coefficient (Wildman–Crippen LogP) is 6.30. The highest BCUT2D eigenvalue weighted by molar-refractivity contribution is 6.03. The van der Waals surface area contributed by atoms with E-state index in [-0.39, 0.29) is 29.5 Å². The molecule has 0 bridgehead atoms. The number of hydrogen-bond acceptors (Lipinski definition) is 5. The van der Waals surface area contributed by atoms with Crippen LogP contribution in [0.2, 0.25) is 0 Å². The zero-order chi connectivity index (χ0) is 31.9. The number of hydrogen-bond donors (Lipinski definition) is 1. The summed E-state index contributed by atoms with van der Waals surface area (Å²) in [4.78, 5) is 46.0. The van der Waals surface area contributed by atoms with Gasteiger partial charge >= 0.3 is 6.18 Å². The fraction of sp³-hybridized carbons (Fsp3) is 0.323. The summed E-state index contributed by atoms with van der Waals surface area (Å²) < 4.78 is 37.8. The summed E-state index contributed by atoms with van der Waals surface area (Å²) in [5, 5.41) is 2.67. The molecular weight excluding hydrogens is 547 g/mol. The smallest absolute Gasteiger partial charge is 0.342 e. The number of aromatic nitrogens is 3. The maximum atomic E-state index is 12.3. The maximum Gasteiger partial charge on any atom is 0.412 e. The molecule has 0 fully saturated rings. The first-order chi connectivity index (χ1) is 19.8. The molecule has 8 nitrogen and oxygen atoms in total. The quantitative estimate of drug-likeness (QED) is 0.313. The van der Waals surface area contributed by atoms with E-state index in [1.54, 1.807) is 35.5 Å². The van der Waals surface area contributed by atoms with Crippen molar-refractivity contribution in [3.63, 3.8) is 0 Å². The molecule has 0 aliphatic carbocycles. The number of nitrogens with zero attached hydrogens (tertiary/aromatic N) is 4. The molecule has 0 aromatic carbocycles. The van der Waals surface area contributed by atoms with Crippen LogP contribution in [-0.4, -0.2) is 50.5 Å². The number of alkyl halides is 3. The summed E-state index contributed by atoms with van der Waals surface area (Å²) in [6, 6.07) is 9.57. The van der Waals surface area contributed by atoms with Crippen LogP contribution in [0.15, 0.2) is 84.2 Å². The first-order valence-corrected chi connectivity index (χ1v) is 13.4. The Bertz CT molecular complexity index is 1400. The number of rotatable bonds is 8. The number of carbonyl (C=O) groups excluding carboxylic acids is 2. The summed E-state index contributed by atoms with van der Waals surface area (Å²) in [6.45, 7) is 15.3. The third kappa shape index (κ3) is 11.5. The maximum absolute atomic E-state index is 12.3. The van der Waals surface area contributed by atoms with Crippen molar-refractivity contribution in [1.82, 2.24) is 19.4 Å². The van der Waals surface area contributed by atoms with E-state index in [9.17, 15) is 27.6 Å². The lowest BCUT2D eigenvalue weighted by Gasteiger charge is -2.19. The Morgan fingerprint density at radius 3 is 2.24 bits per heavy atom.